The van der Waals surface area contributed by atoms with Crippen LogP contribution in [0.15, 0.2) is 34.0 Å². The van der Waals surface area contributed by atoms with Crippen LogP contribution in [0.3, 0.4) is 0 Å². The predicted molar refractivity (Wildman–Crippen MR) is 158 cm³/mol. The molecule has 2 aliphatic rings. The van der Waals surface area contributed by atoms with Gasteiger partial charge in [-0.05, 0) is 38.2 Å². The minimum absolute atomic E-state index is 0.0195. The van der Waals surface area contributed by atoms with Crippen molar-refractivity contribution >= 4 is 46.0 Å². The number of amides is 1. The lowest BCUT2D eigenvalue weighted by atomic mass is 9.87. The number of nitrogens with zero attached hydrogens (tertiary/aromatic N) is 6. The van der Waals surface area contributed by atoms with E-state index in [2.05, 4.69) is 25.5 Å². The van der Waals surface area contributed by atoms with E-state index in [4.69, 9.17) is 11.6 Å². The third kappa shape index (κ3) is 5.59. The Bertz CT molecular complexity index is 1610. The number of likely N-dealkylation sites (N-methyl/N-ethyl adjacent to an activating group) is 1. The summed E-state index contributed by atoms with van der Waals surface area (Å²) in [5.41, 5.74) is 0.260. The highest BCUT2D eigenvalue weighted by Crippen LogP contribution is 2.39. The van der Waals surface area contributed by atoms with Gasteiger partial charge in [0, 0.05) is 57.2 Å². The molecule has 3 aromatic rings. The number of hydrogen-bond acceptors (Lipinski definition) is 8. The van der Waals surface area contributed by atoms with Gasteiger partial charge < -0.3 is 25.0 Å². The van der Waals surface area contributed by atoms with Crippen LogP contribution in [-0.4, -0.2) is 76.1 Å². The van der Waals surface area contributed by atoms with Crippen molar-refractivity contribution in [1.82, 2.24) is 29.3 Å². The fourth-order valence-corrected chi connectivity index (χ4v) is 6.00. The van der Waals surface area contributed by atoms with Crippen LogP contribution in [0, 0.1) is 11.8 Å². The second kappa shape index (κ2) is 11.6. The molecule has 226 valence electrons. The lowest BCUT2D eigenvalue weighted by Crippen LogP contribution is -2.52. The first-order valence-electron chi connectivity index (χ1n) is 14.0. The Kier molecular flexibility index (Phi) is 8.26. The topological polar surface area (TPSA) is 117 Å². The number of hydrogen-bond donors (Lipinski definition) is 2. The standard InChI is InChI=1S/C28H35ClF2N8O3/c1-16-13-37(14-17(2)28(16,30)31)27-33-12-20(29)24(35-27)34-18-5-6-21-22(11-18)38(10-8-23(40)32-3)25(41)26(42)39(21)19-7-9-36(4)15-19/h5-6,11-12,16-17,19H,7-10,13-15H2,1-4H3,(H,32,40)(H,33,34,35)/t16-,17+,19?. The summed E-state index contributed by atoms with van der Waals surface area (Å²) in [5, 5.41) is 5.93. The van der Waals surface area contributed by atoms with Gasteiger partial charge in [0.25, 0.3) is 5.92 Å². The second-order valence-corrected chi connectivity index (χ2v) is 11.7. The van der Waals surface area contributed by atoms with Gasteiger partial charge in [-0.15, -0.1) is 0 Å². The number of piperidine rings is 1. The van der Waals surface area contributed by atoms with E-state index in [1.165, 1.54) is 31.7 Å². The van der Waals surface area contributed by atoms with Crippen molar-refractivity contribution in [1.29, 1.82) is 0 Å². The number of rotatable bonds is 7. The molecule has 2 aromatic heterocycles. The number of alkyl halides is 2. The number of fused-ring (bicyclic) bond motifs is 1. The zero-order valence-corrected chi connectivity index (χ0v) is 24.8. The number of carbonyl (C=O) groups is 1. The Morgan fingerprint density at radius 2 is 1.83 bits per heavy atom. The summed E-state index contributed by atoms with van der Waals surface area (Å²) in [7, 11) is 3.48. The highest BCUT2D eigenvalue weighted by molar-refractivity contribution is 6.32. The fourth-order valence-electron chi connectivity index (χ4n) is 5.87. The van der Waals surface area contributed by atoms with Crippen LogP contribution in [0.25, 0.3) is 11.0 Å². The van der Waals surface area contributed by atoms with E-state index in [0.717, 1.165) is 13.0 Å². The van der Waals surface area contributed by atoms with Gasteiger partial charge in [-0.1, -0.05) is 25.4 Å². The summed E-state index contributed by atoms with van der Waals surface area (Å²) in [5.74, 6) is -4.24. The van der Waals surface area contributed by atoms with Crippen LogP contribution in [-0.2, 0) is 11.3 Å². The molecular formula is C28H35ClF2N8O3. The Morgan fingerprint density at radius 3 is 2.48 bits per heavy atom. The molecule has 0 saturated carbocycles. The first-order valence-corrected chi connectivity index (χ1v) is 14.4. The maximum atomic E-state index is 14.4. The molecule has 4 heterocycles. The van der Waals surface area contributed by atoms with E-state index in [9.17, 15) is 23.2 Å². The van der Waals surface area contributed by atoms with E-state index in [1.54, 1.807) is 27.7 Å². The van der Waals surface area contributed by atoms with E-state index in [0.29, 0.717) is 23.3 Å². The zero-order valence-electron chi connectivity index (χ0n) is 24.0. The number of benzene rings is 1. The minimum Gasteiger partial charge on any atom is -0.359 e. The Hall–Kier alpha value is -3.58. The lowest BCUT2D eigenvalue weighted by molar-refractivity contribution is -0.120. The molecular weight excluding hydrogens is 570 g/mol. The number of aryl methyl sites for hydroxylation is 1. The van der Waals surface area contributed by atoms with E-state index in [-0.39, 0.29) is 54.8 Å². The summed E-state index contributed by atoms with van der Waals surface area (Å²) in [6.07, 6.45) is 2.17. The van der Waals surface area contributed by atoms with Crippen LogP contribution < -0.4 is 26.7 Å². The van der Waals surface area contributed by atoms with Gasteiger partial charge in [0.2, 0.25) is 11.9 Å². The molecule has 0 radical (unpaired) electrons. The average molecular weight is 605 g/mol. The van der Waals surface area contributed by atoms with Crippen LogP contribution >= 0.6 is 11.6 Å². The summed E-state index contributed by atoms with van der Waals surface area (Å²) < 4.78 is 31.7. The van der Waals surface area contributed by atoms with Gasteiger partial charge in [-0.3, -0.25) is 19.0 Å². The van der Waals surface area contributed by atoms with Gasteiger partial charge in [-0.25, -0.2) is 13.8 Å². The SMILES string of the molecule is CNC(=O)CCn1c(=O)c(=O)n(C2CCN(C)C2)c2ccc(Nc3nc(N4C[C@@H](C)C(F)(F)[C@@H](C)C4)ncc3Cl)cc21. The molecule has 2 fully saturated rings. The molecule has 2 aliphatic heterocycles. The van der Waals surface area contributed by atoms with Crippen molar-refractivity contribution in [3.8, 4) is 0 Å². The third-order valence-corrected chi connectivity index (χ3v) is 8.60. The number of likely N-dealkylation sites (tertiary alicyclic amines) is 1. The molecule has 2 saturated heterocycles. The molecule has 5 rings (SSSR count). The quantitative estimate of drug-likeness (QED) is 0.395. The normalized spacial score (nSPS) is 22.5. The van der Waals surface area contributed by atoms with Crippen LogP contribution in [0.4, 0.5) is 26.2 Å². The average Bonchev–Trinajstić information content (AvgIpc) is 3.38. The van der Waals surface area contributed by atoms with Crippen molar-refractivity contribution in [2.45, 2.75) is 45.2 Å². The number of anilines is 3. The van der Waals surface area contributed by atoms with Crippen LogP contribution in [0.2, 0.25) is 5.02 Å². The molecule has 1 unspecified atom stereocenters. The summed E-state index contributed by atoms with van der Waals surface area (Å²) >= 11 is 6.43. The van der Waals surface area contributed by atoms with Crippen molar-refractivity contribution < 1.29 is 13.6 Å². The number of aromatic nitrogens is 4. The largest absolute Gasteiger partial charge is 0.359 e. The van der Waals surface area contributed by atoms with Gasteiger partial charge in [0.05, 0.1) is 23.3 Å². The van der Waals surface area contributed by atoms with Crippen LogP contribution in [0.5, 0.6) is 0 Å². The predicted octanol–water partition coefficient (Wildman–Crippen LogP) is 3.09. The molecule has 2 N–H and O–H groups in total. The zero-order chi connectivity index (χ0) is 30.3. The number of halogens is 3. The van der Waals surface area contributed by atoms with E-state index < -0.39 is 28.9 Å². The molecule has 14 heteroatoms. The van der Waals surface area contributed by atoms with Gasteiger partial charge in [0.1, 0.15) is 5.02 Å². The Labute approximate surface area is 246 Å². The molecule has 3 atom stereocenters. The fraction of sp³-hybridized carbons (Fsp3) is 0.536. The first kappa shape index (κ1) is 29.9. The molecule has 11 nitrogen and oxygen atoms in total. The smallest absolute Gasteiger partial charge is 0.317 e. The molecule has 1 amide bonds. The maximum absolute atomic E-state index is 14.4. The Balaban J connectivity index is 1.53. The monoisotopic (exact) mass is 604 g/mol. The molecule has 42 heavy (non-hydrogen) atoms. The van der Waals surface area contributed by atoms with E-state index in [1.807, 2.05) is 7.05 Å². The lowest BCUT2D eigenvalue weighted by Gasteiger charge is -2.41. The van der Waals surface area contributed by atoms with Crippen LogP contribution in [0.1, 0.15) is 32.7 Å². The number of nitrogens with one attached hydrogen (secondary N) is 2. The van der Waals surface area contributed by atoms with Crippen molar-refractivity contribution in [3.63, 3.8) is 0 Å². The van der Waals surface area contributed by atoms with Crippen molar-refractivity contribution in [2.75, 3.05) is 50.5 Å². The Morgan fingerprint density at radius 1 is 1.12 bits per heavy atom. The van der Waals surface area contributed by atoms with Gasteiger partial charge in [-0.2, -0.15) is 4.98 Å². The number of carbonyl (C=O) groups excluding carboxylic acids is 1. The molecule has 0 bridgehead atoms. The summed E-state index contributed by atoms with van der Waals surface area (Å²) in [6, 6.07) is 5.08. The second-order valence-electron chi connectivity index (χ2n) is 11.3. The molecule has 1 aromatic carbocycles. The third-order valence-electron chi connectivity index (χ3n) is 8.33. The summed E-state index contributed by atoms with van der Waals surface area (Å²) in [4.78, 5) is 51.3. The highest BCUT2D eigenvalue weighted by Gasteiger charge is 2.47. The van der Waals surface area contributed by atoms with Gasteiger partial charge >= 0.3 is 11.1 Å². The molecule has 0 spiro atoms. The first-order chi connectivity index (χ1) is 19.9. The van der Waals surface area contributed by atoms with Gasteiger partial charge in [0.15, 0.2) is 5.82 Å². The summed E-state index contributed by atoms with van der Waals surface area (Å²) in [6.45, 7) is 4.68. The minimum atomic E-state index is -2.78. The highest BCUT2D eigenvalue weighted by atomic mass is 35.5. The maximum Gasteiger partial charge on any atom is 0.317 e. The van der Waals surface area contributed by atoms with Crippen molar-refractivity contribution in [3.05, 3.63) is 50.1 Å². The van der Waals surface area contributed by atoms with Crippen molar-refractivity contribution in [2.24, 2.45) is 11.8 Å². The van der Waals surface area contributed by atoms with E-state index >= 15 is 0 Å². The molecule has 0 aliphatic carbocycles.